The summed E-state index contributed by atoms with van der Waals surface area (Å²) in [5, 5.41) is 10.5. The first-order chi connectivity index (χ1) is 25.2. The van der Waals surface area contributed by atoms with Gasteiger partial charge in [0.2, 0.25) is 11.8 Å². The Hall–Kier alpha value is -5.67. The minimum absolute atomic E-state index is 0.0106. The van der Waals surface area contributed by atoms with Gasteiger partial charge in [-0.1, -0.05) is 50.0 Å². The molecule has 12 nitrogen and oxygen atoms in total. The molecule has 6 rings (SSSR count). The number of aromatic amines is 2. The number of amides is 3. The van der Waals surface area contributed by atoms with E-state index in [9.17, 15) is 14.4 Å². The molecule has 5 aromatic rings. The van der Waals surface area contributed by atoms with E-state index in [1.807, 2.05) is 61.3 Å². The molecule has 2 aromatic heterocycles. The Morgan fingerprint density at radius 3 is 2.58 bits per heavy atom. The molecule has 0 bridgehead atoms. The minimum Gasteiger partial charge on any atom is -0.453 e. The predicted octanol–water partition coefficient (Wildman–Crippen LogP) is 5.21. The Bertz CT molecular complexity index is 2110. The van der Waals surface area contributed by atoms with Crippen molar-refractivity contribution in [2.45, 2.75) is 58.0 Å². The maximum atomic E-state index is 13.6. The highest BCUT2D eigenvalue weighted by molar-refractivity contribution is 6.04. The zero-order chi connectivity index (χ0) is 36.6. The Kier molecular flexibility index (Phi) is 11.5. The molecule has 0 aliphatic carbocycles. The van der Waals surface area contributed by atoms with Crippen molar-refractivity contribution in [2.24, 2.45) is 5.92 Å². The maximum Gasteiger partial charge on any atom is 0.407 e. The quantitative estimate of drug-likeness (QED) is 0.0883. The lowest BCUT2D eigenvalue weighted by Crippen LogP contribution is -2.51. The van der Waals surface area contributed by atoms with E-state index in [1.54, 1.807) is 7.05 Å². The van der Waals surface area contributed by atoms with Crippen LogP contribution in [0.5, 0.6) is 0 Å². The number of hydrogen-bond donors (Lipinski definition) is 5. The molecule has 0 radical (unpaired) electrons. The maximum absolute atomic E-state index is 13.6. The highest BCUT2D eigenvalue weighted by Crippen LogP contribution is 2.34. The van der Waals surface area contributed by atoms with Crippen molar-refractivity contribution in [3.05, 3.63) is 83.6 Å². The van der Waals surface area contributed by atoms with Crippen LogP contribution >= 0.6 is 0 Å². The number of rotatable bonds is 12. The van der Waals surface area contributed by atoms with Crippen LogP contribution < -0.4 is 16.0 Å². The van der Waals surface area contributed by atoms with Crippen LogP contribution in [0.25, 0.3) is 33.1 Å². The first-order valence-corrected chi connectivity index (χ1v) is 17.9. The van der Waals surface area contributed by atoms with Gasteiger partial charge in [-0.25, -0.2) is 14.8 Å². The molecule has 1 saturated heterocycles. The summed E-state index contributed by atoms with van der Waals surface area (Å²) in [6, 6.07) is 17.4. The van der Waals surface area contributed by atoms with Gasteiger partial charge >= 0.3 is 6.09 Å². The molecular formula is C40H46N8O4. The van der Waals surface area contributed by atoms with E-state index in [2.05, 4.69) is 60.9 Å². The number of fused-ring (bicyclic) bond motifs is 3. The molecule has 1 aliphatic heterocycles. The number of benzene rings is 3. The number of nitrogens with one attached hydrogen (secondary N) is 5. The molecule has 2 unspecified atom stereocenters. The van der Waals surface area contributed by atoms with Gasteiger partial charge in [0.25, 0.3) is 0 Å². The fourth-order valence-corrected chi connectivity index (χ4v) is 6.63. The van der Waals surface area contributed by atoms with E-state index >= 15 is 0 Å². The molecule has 3 aromatic carbocycles. The summed E-state index contributed by atoms with van der Waals surface area (Å²) in [4.78, 5) is 55.3. The number of unbranched alkanes of at least 4 members (excludes halogenated alkanes) is 1. The van der Waals surface area contributed by atoms with Crippen LogP contribution in [0.2, 0.25) is 0 Å². The number of aryl methyl sites for hydroxylation is 1. The van der Waals surface area contributed by atoms with Gasteiger partial charge in [0, 0.05) is 36.0 Å². The summed E-state index contributed by atoms with van der Waals surface area (Å²) < 4.78 is 4.77. The van der Waals surface area contributed by atoms with Gasteiger partial charge in [-0.05, 0) is 79.9 Å². The monoisotopic (exact) mass is 702 g/mol. The summed E-state index contributed by atoms with van der Waals surface area (Å²) in [5.74, 6) is 8.05. The van der Waals surface area contributed by atoms with E-state index in [-0.39, 0.29) is 23.8 Å². The van der Waals surface area contributed by atoms with Crippen LogP contribution in [0.1, 0.15) is 68.3 Å². The fraction of sp³-hybridized carbons (Fsp3) is 0.375. The Morgan fingerprint density at radius 2 is 1.81 bits per heavy atom. The van der Waals surface area contributed by atoms with Crippen molar-refractivity contribution in [2.75, 3.05) is 33.8 Å². The first-order valence-electron chi connectivity index (χ1n) is 17.9. The first kappa shape index (κ1) is 36.1. The third-order valence-corrected chi connectivity index (χ3v) is 9.40. The van der Waals surface area contributed by atoms with Crippen molar-refractivity contribution < 1.29 is 19.1 Å². The average molecular weight is 703 g/mol. The SMILES string of the molecule is CNCC(=O)NCCCCc1ncc(-c2ccc(C#Cc3ccc4c(ccc5[nH]c(C6CCCN6C(=O)C(NC(=O)OC)C(C)C)nc54)c3)cc2)[nH]1. The second kappa shape index (κ2) is 16.6. The molecule has 3 amide bonds. The molecule has 1 aliphatic rings. The average Bonchev–Trinajstić information content (AvgIpc) is 3.93. The van der Waals surface area contributed by atoms with E-state index in [0.29, 0.717) is 19.6 Å². The van der Waals surface area contributed by atoms with Crippen molar-refractivity contribution in [3.8, 4) is 23.1 Å². The number of ether oxygens (including phenoxy) is 1. The molecule has 52 heavy (non-hydrogen) atoms. The Morgan fingerprint density at radius 1 is 1.02 bits per heavy atom. The topological polar surface area (TPSA) is 157 Å². The second-order valence-corrected chi connectivity index (χ2v) is 13.5. The number of carbonyl (C=O) groups excluding carboxylic acids is 3. The van der Waals surface area contributed by atoms with Gasteiger partial charge in [-0.15, -0.1) is 0 Å². The lowest BCUT2D eigenvalue weighted by molar-refractivity contribution is -0.135. The molecule has 5 N–H and O–H groups in total. The number of methoxy groups -OCH3 is 1. The van der Waals surface area contributed by atoms with Gasteiger partial charge in [-0.2, -0.15) is 0 Å². The lowest BCUT2D eigenvalue weighted by Gasteiger charge is -2.29. The Balaban J connectivity index is 1.10. The highest BCUT2D eigenvalue weighted by atomic mass is 16.5. The van der Waals surface area contributed by atoms with Crippen molar-refractivity contribution in [3.63, 3.8) is 0 Å². The molecule has 2 atom stereocenters. The van der Waals surface area contributed by atoms with Gasteiger partial charge in [0.15, 0.2) is 0 Å². The van der Waals surface area contributed by atoms with Gasteiger partial charge < -0.3 is 35.6 Å². The van der Waals surface area contributed by atoms with Gasteiger partial charge in [-0.3, -0.25) is 9.59 Å². The van der Waals surface area contributed by atoms with Crippen LogP contribution in [0.3, 0.4) is 0 Å². The van der Waals surface area contributed by atoms with E-state index < -0.39 is 12.1 Å². The van der Waals surface area contributed by atoms with Gasteiger partial charge in [0.05, 0.1) is 42.6 Å². The van der Waals surface area contributed by atoms with Gasteiger partial charge in [0.1, 0.15) is 17.7 Å². The summed E-state index contributed by atoms with van der Waals surface area (Å²) >= 11 is 0. The fourth-order valence-electron chi connectivity index (χ4n) is 6.63. The normalized spacial score (nSPS) is 14.7. The number of likely N-dealkylation sites (tertiary alicyclic amines) is 1. The zero-order valence-corrected chi connectivity index (χ0v) is 30.1. The van der Waals surface area contributed by atoms with Crippen LogP contribution in [0.4, 0.5) is 4.79 Å². The third kappa shape index (κ3) is 8.44. The number of nitrogens with zero attached hydrogens (tertiary/aromatic N) is 3. The second-order valence-electron chi connectivity index (χ2n) is 13.5. The predicted molar refractivity (Wildman–Crippen MR) is 201 cm³/mol. The lowest BCUT2D eigenvalue weighted by atomic mass is 10.0. The molecule has 0 saturated carbocycles. The molecule has 3 heterocycles. The smallest absolute Gasteiger partial charge is 0.407 e. The number of likely N-dealkylation sites (N-methyl/N-ethyl adjacent to an activating group) is 1. The third-order valence-electron chi connectivity index (χ3n) is 9.40. The largest absolute Gasteiger partial charge is 0.453 e. The van der Waals surface area contributed by atoms with Crippen LogP contribution in [0.15, 0.2) is 60.8 Å². The van der Waals surface area contributed by atoms with Crippen molar-refractivity contribution in [1.82, 2.24) is 40.8 Å². The summed E-state index contributed by atoms with van der Waals surface area (Å²) in [7, 11) is 3.05. The number of alkyl carbamates (subject to hydrolysis) is 1. The number of imidazole rings is 2. The zero-order valence-electron chi connectivity index (χ0n) is 30.1. The molecule has 0 spiro atoms. The van der Waals surface area contributed by atoms with Crippen molar-refractivity contribution in [1.29, 1.82) is 0 Å². The number of carbonyl (C=O) groups is 3. The molecule has 270 valence electrons. The molecule has 12 heteroatoms. The van der Waals surface area contributed by atoms with Crippen molar-refractivity contribution >= 4 is 39.7 Å². The minimum atomic E-state index is -0.683. The highest BCUT2D eigenvalue weighted by Gasteiger charge is 2.37. The number of aromatic nitrogens is 4. The standard InChI is InChI=1S/C40H46N8O4/c1-25(2)36(47-40(51)52-4)39(50)48-21-7-8-33(48)38-45-31-19-17-29-22-27(14-18-30(29)37(31)46-38)11-10-26-12-15-28(16-13-26)32-23-43-34(44-32)9-5-6-20-42-35(49)24-41-3/h12-19,22-23,25,33,36,41H,5-9,20-21,24H2,1-4H3,(H,42,49)(H,43,44)(H,45,46)(H,47,51). The Labute approximate surface area is 303 Å². The molecule has 1 fully saturated rings. The summed E-state index contributed by atoms with van der Waals surface area (Å²) in [6.07, 6.45) is 5.53. The van der Waals surface area contributed by atoms with E-state index in [1.165, 1.54) is 7.11 Å². The number of H-pyrrole nitrogens is 2. The van der Waals surface area contributed by atoms with E-state index in [0.717, 1.165) is 87.9 Å². The van der Waals surface area contributed by atoms with E-state index in [4.69, 9.17) is 9.72 Å². The summed E-state index contributed by atoms with van der Waals surface area (Å²) in [6.45, 7) is 5.41. The van der Waals surface area contributed by atoms with Crippen LogP contribution in [-0.2, 0) is 20.7 Å². The van der Waals surface area contributed by atoms with Crippen LogP contribution in [0, 0.1) is 17.8 Å². The summed E-state index contributed by atoms with van der Waals surface area (Å²) in [5.41, 5.74) is 5.57. The molecular weight excluding hydrogens is 656 g/mol. The van der Waals surface area contributed by atoms with Crippen LogP contribution in [-0.4, -0.2) is 82.6 Å². The number of hydrogen-bond acceptors (Lipinski definition) is 7.